The molecule has 1 atom stereocenters. The molecule has 1 N–H and O–H groups in total. The van der Waals surface area contributed by atoms with E-state index >= 15 is 0 Å². The molecule has 1 amide bonds. The molecule has 0 aromatic heterocycles. The fourth-order valence-electron chi connectivity index (χ4n) is 2.80. The minimum Gasteiger partial charge on any atom is -0.497 e. The molecule has 22 heavy (non-hydrogen) atoms. The Hall–Kier alpha value is -1.59. The topological polar surface area (TPSA) is 53.0 Å². The summed E-state index contributed by atoms with van der Waals surface area (Å²) in [4.78, 5) is 15.6. The van der Waals surface area contributed by atoms with Crippen LogP contribution in [0.25, 0.3) is 0 Å². The second kappa shape index (κ2) is 8.15. The monoisotopic (exact) mass is 306 g/mol. The number of nitrogens with zero attached hydrogens (tertiary/aromatic N) is 2. The Bertz CT molecular complexity index is 475. The summed E-state index contributed by atoms with van der Waals surface area (Å²) in [5.41, 5.74) is 1.19. The van der Waals surface area contributed by atoms with Crippen molar-refractivity contribution in [2.75, 3.05) is 33.3 Å². The van der Waals surface area contributed by atoms with Crippen molar-refractivity contribution in [3.8, 4) is 5.75 Å². The van der Waals surface area contributed by atoms with E-state index in [1.165, 1.54) is 5.56 Å². The largest absolute Gasteiger partial charge is 0.497 e. The molecule has 5 heteroatoms. The second-order valence-electron chi connectivity index (χ2n) is 5.77. The lowest BCUT2D eigenvalue weighted by Crippen LogP contribution is -2.40. The minimum absolute atomic E-state index is 0.164. The van der Waals surface area contributed by atoms with Crippen LogP contribution in [-0.4, -0.2) is 60.2 Å². The van der Waals surface area contributed by atoms with Crippen LogP contribution in [0.5, 0.6) is 5.75 Å². The number of likely N-dealkylation sites (N-methyl/N-ethyl adjacent to an activating group) is 1. The number of β-amino-alcohol motifs (C(OH)–C–C–N with tert-alkyl or cyclic N) is 1. The van der Waals surface area contributed by atoms with Gasteiger partial charge in [-0.05, 0) is 30.7 Å². The summed E-state index contributed by atoms with van der Waals surface area (Å²) in [6.45, 7) is 5.52. The molecule has 1 aliphatic heterocycles. The third-order valence-electron chi connectivity index (χ3n) is 4.08. The number of aliphatic hydroxyl groups excluding tert-OH is 1. The van der Waals surface area contributed by atoms with Gasteiger partial charge in [-0.25, -0.2) is 0 Å². The number of methoxy groups -OCH3 is 1. The second-order valence-corrected chi connectivity index (χ2v) is 5.77. The van der Waals surface area contributed by atoms with Gasteiger partial charge in [-0.15, -0.1) is 0 Å². The Labute approximate surface area is 132 Å². The zero-order valence-corrected chi connectivity index (χ0v) is 13.5. The van der Waals surface area contributed by atoms with E-state index < -0.39 is 6.10 Å². The third-order valence-corrected chi connectivity index (χ3v) is 4.08. The van der Waals surface area contributed by atoms with Crippen LogP contribution in [-0.2, 0) is 11.3 Å². The predicted molar refractivity (Wildman–Crippen MR) is 85.8 cm³/mol. The molecule has 1 aromatic rings. The number of amides is 1. The number of hydrogen-bond acceptors (Lipinski definition) is 4. The third kappa shape index (κ3) is 4.71. The highest BCUT2D eigenvalue weighted by atomic mass is 16.5. The molecule has 0 radical (unpaired) electrons. The molecule has 1 unspecified atom stereocenters. The number of carbonyl (C=O) groups is 1. The molecular formula is C17H26N2O3. The standard InChI is InChI=1S/C17H26N2O3/c1-3-18(11-14-6-8-16(22-2)9-7-14)12-15(20)13-19-10-4-5-17(19)21/h6-9,15,20H,3-5,10-13H2,1-2H3. The Morgan fingerprint density at radius 3 is 2.64 bits per heavy atom. The van der Waals surface area contributed by atoms with Crippen LogP contribution in [0.3, 0.4) is 0 Å². The van der Waals surface area contributed by atoms with Crippen LogP contribution < -0.4 is 4.74 Å². The quantitative estimate of drug-likeness (QED) is 0.791. The summed E-state index contributed by atoms with van der Waals surface area (Å²) in [5.74, 6) is 1.01. The van der Waals surface area contributed by atoms with Crippen molar-refractivity contribution in [2.24, 2.45) is 0 Å². The molecule has 1 aliphatic rings. The molecule has 0 aliphatic carbocycles. The SMILES string of the molecule is CCN(Cc1ccc(OC)cc1)CC(O)CN1CCCC1=O. The Kier molecular flexibility index (Phi) is 6.21. The van der Waals surface area contributed by atoms with Gasteiger partial charge in [-0.3, -0.25) is 9.69 Å². The zero-order chi connectivity index (χ0) is 15.9. The van der Waals surface area contributed by atoms with Gasteiger partial charge in [0.05, 0.1) is 13.2 Å². The number of carbonyl (C=O) groups excluding carboxylic acids is 1. The first-order valence-corrected chi connectivity index (χ1v) is 7.93. The number of ether oxygens (including phenoxy) is 1. The molecule has 5 nitrogen and oxygen atoms in total. The van der Waals surface area contributed by atoms with Gasteiger partial charge in [0, 0.05) is 32.6 Å². The molecule has 0 saturated carbocycles. The molecule has 1 saturated heterocycles. The molecular weight excluding hydrogens is 280 g/mol. The van der Waals surface area contributed by atoms with E-state index in [0.29, 0.717) is 19.5 Å². The fraction of sp³-hybridized carbons (Fsp3) is 0.588. The maximum absolute atomic E-state index is 11.6. The van der Waals surface area contributed by atoms with Gasteiger partial charge >= 0.3 is 0 Å². The number of likely N-dealkylation sites (tertiary alicyclic amines) is 1. The highest BCUT2D eigenvalue weighted by Crippen LogP contribution is 2.14. The van der Waals surface area contributed by atoms with E-state index in [2.05, 4.69) is 11.8 Å². The van der Waals surface area contributed by atoms with Gasteiger partial charge in [-0.1, -0.05) is 19.1 Å². The lowest BCUT2D eigenvalue weighted by molar-refractivity contribution is -0.129. The number of hydrogen-bond donors (Lipinski definition) is 1. The lowest BCUT2D eigenvalue weighted by Gasteiger charge is -2.26. The molecule has 2 rings (SSSR count). The molecule has 1 fully saturated rings. The summed E-state index contributed by atoms with van der Waals surface area (Å²) in [7, 11) is 1.66. The van der Waals surface area contributed by atoms with Gasteiger partial charge in [0.15, 0.2) is 0 Å². The van der Waals surface area contributed by atoms with Crippen LogP contribution in [0.15, 0.2) is 24.3 Å². The van der Waals surface area contributed by atoms with Crippen molar-refractivity contribution < 1.29 is 14.6 Å². The van der Waals surface area contributed by atoms with Crippen molar-refractivity contribution in [2.45, 2.75) is 32.4 Å². The molecule has 122 valence electrons. The van der Waals surface area contributed by atoms with E-state index in [9.17, 15) is 9.90 Å². The average molecular weight is 306 g/mol. The maximum atomic E-state index is 11.6. The van der Waals surface area contributed by atoms with E-state index in [-0.39, 0.29) is 5.91 Å². The van der Waals surface area contributed by atoms with Crippen LogP contribution in [0, 0.1) is 0 Å². The van der Waals surface area contributed by atoms with E-state index in [0.717, 1.165) is 31.8 Å². The van der Waals surface area contributed by atoms with E-state index in [1.807, 2.05) is 24.3 Å². The van der Waals surface area contributed by atoms with Gasteiger partial charge in [-0.2, -0.15) is 0 Å². The lowest BCUT2D eigenvalue weighted by atomic mass is 10.2. The van der Waals surface area contributed by atoms with Crippen molar-refractivity contribution in [1.29, 1.82) is 0 Å². The van der Waals surface area contributed by atoms with Gasteiger partial charge in [0.1, 0.15) is 5.75 Å². The smallest absolute Gasteiger partial charge is 0.222 e. The average Bonchev–Trinajstić information content (AvgIpc) is 2.92. The van der Waals surface area contributed by atoms with Crippen LogP contribution in [0.1, 0.15) is 25.3 Å². The van der Waals surface area contributed by atoms with Crippen molar-refractivity contribution >= 4 is 5.91 Å². The van der Waals surface area contributed by atoms with Crippen LogP contribution >= 0.6 is 0 Å². The fourth-order valence-corrected chi connectivity index (χ4v) is 2.80. The first-order valence-electron chi connectivity index (χ1n) is 7.93. The highest BCUT2D eigenvalue weighted by Gasteiger charge is 2.23. The summed E-state index contributed by atoms with van der Waals surface area (Å²) < 4.78 is 5.16. The normalized spacial score (nSPS) is 16.4. The number of rotatable bonds is 8. The van der Waals surface area contributed by atoms with Crippen LogP contribution in [0.2, 0.25) is 0 Å². The summed E-state index contributed by atoms with van der Waals surface area (Å²) in [5, 5.41) is 10.2. The molecule has 1 heterocycles. The molecule has 0 spiro atoms. The van der Waals surface area contributed by atoms with Gasteiger partial charge in [0.25, 0.3) is 0 Å². The molecule has 1 aromatic carbocycles. The van der Waals surface area contributed by atoms with Gasteiger partial charge in [0.2, 0.25) is 5.91 Å². The first kappa shape index (κ1) is 16.8. The number of benzene rings is 1. The predicted octanol–water partition coefficient (Wildman–Crippen LogP) is 1.50. The van der Waals surface area contributed by atoms with Crippen molar-refractivity contribution in [3.63, 3.8) is 0 Å². The van der Waals surface area contributed by atoms with Gasteiger partial charge < -0.3 is 14.7 Å². The minimum atomic E-state index is -0.500. The number of aliphatic hydroxyl groups is 1. The van der Waals surface area contributed by atoms with E-state index in [1.54, 1.807) is 12.0 Å². The summed E-state index contributed by atoms with van der Waals surface area (Å²) >= 11 is 0. The Morgan fingerprint density at radius 2 is 2.09 bits per heavy atom. The zero-order valence-electron chi connectivity index (χ0n) is 13.5. The highest BCUT2D eigenvalue weighted by molar-refractivity contribution is 5.78. The Balaban J connectivity index is 1.83. The first-order chi connectivity index (χ1) is 10.6. The van der Waals surface area contributed by atoms with Crippen molar-refractivity contribution in [1.82, 2.24) is 9.80 Å². The maximum Gasteiger partial charge on any atom is 0.222 e. The summed E-state index contributed by atoms with van der Waals surface area (Å²) in [6.07, 6.45) is 1.03. The van der Waals surface area contributed by atoms with Crippen LogP contribution in [0.4, 0.5) is 0 Å². The van der Waals surface area contributed by atoms with E-state index in [4.69, 9.17) is 4.74 Å². The molecule has 0 bridgehead atoms. The van der Waals surface area contributed by atoms with Crippen molar-refractivity contribution in [3.05, 3.63) is 29.8 Å². The summed E-state index contributed by atoms with van der Waals surface area (Å²) in [6, 6.07) is 7.97. The Morgan fingerprint density at radius 1 is 1.36 bits per heavy atom.